The summed E-state index contributed by atoms with van der Waals surface area (Å²) >= 11 is 0. The maximum absolute atomic E-state index is 13.6. The quantitative estimate of drug-likeness (QED) is 0.431. The van der Waals surface area contributed by atoms with Gasteiger partial charge in [0.15, 0.2) is 5.78 Å². The van der Waals surface area contributed by atoms with Gasteiger partial charge in [-0.05, 0) is 42.5 Å². The van der Waals surface area contributed by atoms with E-state index in [0.29, 0.717) is 12.2 Å². The Labute approximate surface area is 210 Å². The van der Waals surface area contributed by atoms with Crippen molar-refractivity contribution < 1.29 is 19.1 Å². The Morgan fingerprint density at radius 3 is 2.11 bits per heavy atom. The number of methoxy groups -OCH3 is 1. The molecule has 1 fully saturated rings. The Bertz CT molecular complexity index is 1200. The fraction of sp³-hybridized carbons (Fsp3) is 0.321. The van der Waals surface area contributed by atoms with Crippen molar-refractivity contribution >= 4 is 17.6 Å². The average Bonchev–Trinajstić information content (AvgIpc) is 3.67. The molecule has 1 aliphatic carbocycles. The first-order valence-electron chi connectivity index (χ1n) is 12.0. The van der Waals surface area contributed by atoms with E-state index in [-0.39, 0.29) is 17.8 Å². The van der Waals surface area contributed by atoms with Gasteiger partial charge in [-0.2, -0.15) is 0 Å². The highest BCUT2D eigenvalue weighted by atomic mass is 16.5. The van der Waals surface area contributed by atoms with Crippen molar-refractivity contribution in [2.75, 3.05) is 7.11 Å². The maximum Gasteiger partial charge on any atom is 0.255 e. The van der Waals surface area contributed by atoms with Gasteiger partial charge in [-0.15, -0.1) is 0 Å². The summed E-state index contributed by atoms with van der Waals surface area (Å²) in [5.74, 6) is -0.180. The molecule has 2 unspecified atom stereocenters. The highest BCUT2D eigenvalue weighted by Gasteiger charge is 2.48. The monoisotopic (exact) mass is 486 g/mol. The lowest BCUT2D eigenvalue weighted by atomic mass is 9.92. The van der Waals surface area contributed by atoms with Gasteiger partial charge in [-0.1, -0.05) is 49.4 Å². The van der Waals surface area contributed by atoms with Crippen molar-refractivity contribution in [1.29, 1.82) is 0 Å². The number of amides is 2. The van der Waals surface area contributed by atoms with E-state index in [2.05, 4.69) is 20.6 Å². The fourth-order valence-electron chi connectivity index (χ4n) is 4.05. The Morgan fingerprint density at radius 1 is 0.889 bits per heavy atom. The molecule has 2 N–H and O–H groups in total. The van der Waals surface area contributed by atoms with Crippen LogP contribution < -0.4 is 15.4 Å². The highest BCUT2D eigenvalue weighted by Crippen LogP contribution is 2.46. The second-order valence-electron chi connectivity index (χ2n) is 9.38. The highest BCUT2D eigenvalue weighted by molar-refractivity contribution is 5.99. The van der Waals surface area contributed by atoms with Crippen LogP contribution in [0, 0.1) is 5.41 Å². The molecule has 1 aromatic heterocycles. The fourth-order valence-corrected chi connectivity index (χ4v) is 4.05. The second kappa shape index (κ2) is 11.1. The molecule has 1 aliphatic rings. The van der Waals surface area contributed by atoms with Crippen molar-refractivity contribution in [3.05, 3.63) is 90.0 Å². The minimum Gasteiger partial charge on any atom is -0.497 e. The number of hydrogen-bond donors (Lipinski definition) is 2. The molecule has 0 radical (unpaired) electrons. The molecule has 2 aromatic carbocycles. The number of carbonyl (C=O) groups excluding carboxylic acids is 3. The molecule has 2 atom stereocenters. The normalized spacial score (nSPS) is 15.3. The molecular weight excluding hydrogens is 456 g/mol. The third-order valence-corrected chi connectivity index (χ3v) is 6.55. The summed E-state index contributed by atoms with van der Waals surface area (Å²) in [6.45, 7) is 1.94. The summed E-state index contributed by atoms with van der Waals surface area (Å²) in [7, 11) is 1.58. The van der Waals surface area contributed by atoms with Gasteiger partial charge < -0.3 is 15.4 Å². The average molecular weight is 487 g/mol. The number of aromatic nitrogens is 2. The number of carbonyl (C=O) groups is 3. The summed E-state index contributed by atoms with van der Waals surface area (Å²) in [5.41, 5.74) is 1.62. The molecule has 2 amide bonds. The SMILES string of the molecule is COc1ccc(CC(NC(=O)c2cncnc2)C(=O)NC(Cc2ccccc2)C(=O)C2(C)CC2)cc1. The number of nitrogens with one attached hydrogen (secondary N) is 2. The van der Waals surface area contributed by atoms with Crippen molar-refractivity contribution in [2.24, 2.45) is 5.41 Å². The van der Waals surface area contributed by atoms with Crippen LogP contribution in [-0.2, 0) is 22.4 Å². The lowest BCUT2D eigenvalue weighted by Gasteiger charge is -2.25. The summed E-state index contributed by atoms with van der Waals surface area (Å²) in [4.78, 5) is 47.5. The van der Waals surface area contributed by atoms with E-state index < -0.39 is 29.3 Å². The van der Waals surface area contributed by atoms with Crippen molar-refractivity contribution in [3.63, 3.8) is 0 Å². The van der Waals surface area contributed by atoms with Gasteiger partial charge in [-0.25, -0.2) is 9.97 Å². The molecule has 1 heterocycles. The number of rotatable bonds is 11. The first-order chi connectivity index (χ1) is 17.4. The molecule has 0 aliphatic heterocycles. The van der Waals surface area contributed by atoms with E-state index in [9.17, 15) is 14.4 Å². The van der Waals surface area contributed by atoms with Crippen LogP contribution in [0.4, 0.5) is 0 Å². The number of ketones is 1. The van der Waals surface area contributed by atoms with Crippen molar-refractivity contribution in [3.8, 4) is 5.75 Å². The molecule has 0 spiro atoms. The third kappa shape index (κ3) is 6.33. The maximum atomic E-state index is 13.6. The molecular formula is C28H30N4O4. The topological polar surface area (TPSA) is 110 Å². The zero-order valence-electron chi connectivity index (χ0n) is 20.4. The largest absolute Gasteiger partial charge is 0.497 e. The molecule has 4 rings (SSSR count). The van der Waals surface area contributed by atoms with E-state index in [1.54, 1.807) is 19.2 Å². The molecule has 1 saturated carbocycles. The summed E-state index contributed by atoms with van der Waals surface area (Å²) in [6, 6.07) is 15.3. The van der Waals surface area contributed by atoms with Gasteiger partial charge in [0.25, 0.3) is 5.91 Å². The van der Waals surface area contributed by atoms with Crippen molar-refractivity contribution in [2.45, 2.75) is 44.7 Å². The Kier molecular flexibility index (Phi) is 7.73. The van der Waals surface area contributed by atoms with Gasteiger partial charge in [0.05, 0.1) is 18.7 Å². The summed E-state index contributed by atoms with van der Waals surface area (Å²) in [5, 5.41) is 5.75. The van der Waals surface area contributed by atoms with Crippen LogP contribution in [0.15, 0.2) is 73.3 Å². The zero-order valence-corrected chi connectivity index (χ0v) is 20.4. The molecule has 36 heavy (non-hydrogen) atoms. The molecule has 186 valence electrons. The first-order valence-corrected chi connectivity index (χ1v) is 12.0. The standard InChI is InChI=1S/C28H30N4O4/c1-28(12-13-28)25(33)23(14-19-6-4-3-5-7-19)31-27(35)24(15-20-8-10-22(36-2)11-9-20)32-26(34)21-16-29-18-30-17-21/h3-11,16-18,23-24H,12-15H2,1-2H3,(H,31,35)(H,32,34). The number of ether oxygens (including phenoxy) is 1. The number of Topliss-reactive ketones (excluding diaryl/α,β-unsaturated/α-hetero) is 1. The summed E-state index contributed by atoms with van der Waals surface area (Å²) in [6.07, 6.45) is 6.35. The molecule has 8 heteroatoms. The van der Waals surface area contributed by atoms with E-state index in [1.807, 2.05) is 49.4 Å². The van der Waals surface area contributed by atoms with Gasteiger partial charge in [0.2, 0.25) is 5.91 Å². The Morgan fingerprint density at radius 2 is 1.50 bits per heavy atom. The minimum atomic E-state index is -0.913. The molecule has 0 saturated heterocycles. The molecule has 8 nitrogen and oxygen atoms in total. The number of benzene rings is 2. The predicted molar refractivity (Wildman–Crippen MR) is 134 cm³/mol. The predicted octanol–water partition coefficient (Wildman–Crippen LogP) is 2.92. The van der Waals surface area contributed by atoms with E-state index in [4.69, 9.17) is 4.74 Å². The third-order valence-electron chi connectivity index (χ3n) is 6.55. The van der Waals surface area contributed by atoms with Gasteiger partial charge in [-0.3, -0.25) is 14.4 Å². The van der Waals surface area contributed by atoms with Crippen LogP contribution in [-0.4, -0.2) is 46.8 Å². The van der Waals surface area contributed by atoms with E-state index >= 15 is 0 Å². The van der Waals surface area contributed by atoms with Crippen LogP contribution in [0.25, 0.3) is 0 Å². The minimum absolute atomic E-state index is 0.0192. The summed E-state index contributed by atoms with van der Waals surface area (Å²) < 4.78 is 5.22. The molecule has 3 aromatic rings. The molecule has 0 bridgehead atoms. The number of nitrogens with zero attached hydrogens (tertiary/aromatic N) is 2. The van der Waals surface area contributed by atoms with Crippen LogP contribution >= 0.6 is 0 Å². The van der Waals surface area contributed by atoms with Crippen LogP contribution in [0.5, 0.6) is 5.75 Å². The van der Waals surface area contributed by atoms with E-state index in [0.717, 1.165) is 24.0 Å². The first kappa shape index (κ1) is 25.0. The second-order valence-corrected chi connectivity index (χ2v) is 9.38. The van der Waals surface area contributed by atoms with Crippen LogP contribution in [0.2, 0.25) is 0 Å². The zero-order chi connectivity index (χ0) is 25.5. The van der Waals surface area contributed by atoms with Gasteiger partial charge in [0.1, 0.15) is 18.1 Å². The van der Waals surface area contributed by atoms with Gasteiger partial charge >= 0.3 is 0 Å². The lowest BCUT2D eigenvalue weighted by Crippen LogP contribution is -2.54. The smallest absolute Gasteiger partial charge is 0.255 e. The van der Waals surface area contributed by atoms with E-state index in [1.165, 1.54) is 18.7 Å². The Balaban J connectivity index is 1.55. The van der Waals surface area contributed by atoms with Crippen LogP contribution in [0.1, 0.15) is 41.3 Å². The number of hydrogen-bond acceptors (Lipinski definition) is 6. The lowest BCUT2D eigenvalue weighted by molar-refractivity contribution is -0.131. The van der Waals surface area contributed by atoms with Gasteiger partial charge in [0, 0.05) is 24.2 Å². The van der Waals surface area contributed by atoms with Crippen molar-refractivity contribution in [1.82, 2.24) is 20.6 Å². The van der Waals surface area contributed by atoms with Crippen LogP contribution in [0.3, 0.4) is 0 Å². The Hall–Kier alpha value is -4.07.